The Bertz CT molecular complexity index is 395. The Hall–Kier alpha value is -1.34. The predicted octanol–water partition coefficient (Wildman–Crippen LogP) is -1.85. The van der Waals surface area contributed by atoms with Gasteiger partial charge >= 0.3 is 0 Å². The molecule has 0 bridgehead atoms. The predicted molar refractivity (Wildman–Crippen MR) is 98.1 cm³/mol. The molecule has 8 heteroatoms. The van der Waals surface area contributed by atoms with Crippen LogP contribution in [-0.2, 0) is 14.4 Å². The number of hydrogen-bond donors (Lipinski definition) is 3. The fourth-order valence-electron chi connectivity index (χ4n) is 2.55. The molecule has 7 nitrogen and oxygen atoms in total. The van der Waals surface area contributed by atoms with E-state index in [1.165, 1.54) is 58.3 Å². The molecule has 0 spiro atoms. The summed E-state index contributed by atoms with van der Waals surface area (Å²) in [5, 5.41) is 3.80. The molecule has 0 aromatic heterocycles. The second-order valence-electron chi connectivity index (χ2n) is 6.43. The average molecular weight is 393 g/mol. The molecule has 0 rings (SSSR count). The summed E-state index contributed by atoms with van der Waals surface area (Å²) in [6, 6.07) is 0. The Kier molecular flexibility index (Phi) is 19.1. The van der Waals surface area contributed by atoms with Crippen LogP contribution in [0.4, 0.5) is 0 Å². The van der Waals surface area contributed by atoms with Crippen LogP contribution >= 0.6 is 0 Å². The normalized spacial score (nSPS) is 9.96. The molecule has 0 aromatic carbocycles. The highest BCUT2D eigenvalue weighted by atomic mass is 35.5. The molecule has 3 amide bonds. The minimum Gasteiger partial charge on any atom is -1.00 e. The number of rotatable bonds is 14. The molecular formula is C18H37ClN4O3. The molecule has 0 fully saturated rings. The molecule has 5 N–H and O–H groups in total. The van der Waals surface area contributed by atoms with Gasteiger partial charge in [0.1, 0.15) is 6.54 Å². The summed E-state index contributed by atoms with van der Waals surface area (Å²) in [7, 11) is 0. The monoisotopic (exact) mass is 392 g/mol. The summed E-state index contributed by atoms with van der Waals surface area (Å²) in [5.41, 5.74) is 5.83. The fourth-order valence-corrected chi connectivity index (χ4v) is 2.55. The summed E-state index contributed by atoms with van der Waals surface area (Å²) in [6.45, 7) is 3.94. The van der Waals surface area contributed by atoms with Crippen molar-refractivity contribution in [3.8, 4) is 0 Å². The number of nitrogens with one attached hydrogen (secondary N) is 2. The van der Waals surface area contributed by atoms with E-state index in [9.17, 15) is 14.4 Å². The third-order valence-electron chi connectivity index (χ3n) is 3.96. The van der Waals surface area contributed by atoms with E-state index in [1.807, 2.05) is 0 Å². The van der Waals surface area contributed by atoms with E-state index >= 15 is 0 Å². The number of hydrogen-bond acceptors (Lipinski definition) is 3. The lowest BCUT2D eigenvalue weighted by molar-refractivity contribution is -0.357. The van der Waals surface area contributed by atoms with Gasteiger partial charge in [0.05, 0.1) is 0 Å². The molecule has 154 valence electrons. The Balaban J connectivity index is 0. The quantitative estimate of drug-likeness (QED) is 0.238. The maximum atomic E-state index is 11.8. The highest BCUT2D eigenvalue weighted by Crippen LogP contribution is 2.10. The molecule has 0 atom stereocenters. The number of hydrazine groups is 1. The van der Waals surface area contributed by atoms with E-state index in [1.54, 1.807) is 0 Å². The molecule has 0 radical (unpaired) electrons. The van der Waals surface area contributed by atoms with Gasteiger partial charge in [-0.1, -0.05) is 64.7 Å². The van der Waals surface area contributed by atoms with E-state index in [2.05, 4.69) is 23.4 Å². The van der Waals surface area contributed by atoms with Crippen molar-refractivity contribution < 1.29 is 32.5 Å². The summed E-state index contributed by atoms with van der Waals surface area (Å²) >= 11 is 0. The first kappa shape index (κ1) is 26.9. The molecular weight excluding hydrogens is 356 g/mol. The van der Waals surface area contributed by atoms with Crippen molar-refractivity contribution in [1.82, 2.24) is 15.8 Å². The number of halogens is 1. The molecule has 0 saturated carbocycles. The van der Waals surface area contributed by atoms with E-state index < -0.39 is 0 Å². The lowest BCUT2D eigenvalue weighted by Crippen LogP contribution is -3.00. The molecule has 0 saturated heterocycles. The van der Waals surface area contributed by atoms with Crippen LogP contribution in [0.1, 0.15) is 78.1 Å². The van der Waals surface area contributed by atoms with Crippen molar-refractivity contribution >= 4 is 17.7 Å². The van der Waals surface area contributed by atoms with Gasteiger partial charge in [0, 0.05) is 13.5 Å². The smallest absolute Gasteiger partial charge is 0.296 e. The van der Waals surface area contributed by atoms with Gasteiger partial charge in [-0.3, -0.25) is 19.8 Å². The summed E-state index contributed by atoms with van der Waals surface area (Å²) in [5.74, 6) is -1.04. The summed E-state index contributed by atoms with van der Waals surface area (Å²) in [4.78, 5) is 34.5. The van der Waals surface area contributed by atoms with Crippen LogP contribution in [0.2, 0.25) is 0 Å². The zero-order valence-electron chi connectivity index (χ0n) is 16.4. The number of amides is 3. The largest absolute Gasteiger partial charge is 1.00 e. The van der Waals surface area contributed by atoms with Crippen molar-refractivity contribution in [2.24, 2.45) is 0 Å². The molecule has 0 aliphatic heterocycles. The van der Waals surface area contributed by atoms with E-state index in [0.29, 0.717) is 6.54 Å². The maximum absolute atomic E-state index is 11.8. The van der Waals surface area contributed by atoms with Crippen molar-refractivity contribution in [2.45, 2.75) is 78.1 Å². The molecule has 0 aliphatic rings. The van der Waals surface area contributed by atoms with Crippen LogP contribution < -0.4 is 28.9 Å². The minimum atomic E-state index is -0.385. The average Bonchev–Trinajstić information content (AvgIpc) is 2.58. The molecule has 26 heavy (non-hydrogen) atoms. The van der Waals surface area contributed by atoms with Crippen LogP contribution in [-0.4, -0.2) is 42.4 Å². The number of carbonyl (C=O) groups is 3. The highest BCUT2D eigenvalue weighted by Gasteiger charge is 2.17. The van der Waals surface area contributed by atoms with E-state index in [-0.39, 0.29) is 43.2 Å². The fraction of sp³-hybridized carbons (Fsp3) is 0.833. The van der Waals surface area contributed by atoms with Gasteiger partial charge in [-0.15, -0.1) is 0 Å². The van der Waals surface area contributed by atoms with Crippen molar-refractivity contribution in [2.75, 3.05) is 19.6 Å². The topological polar surface area (TPSA) is 106 Å². The van der Waals surface area contributed by atoms with E-state index in [4.69, 9.17) is 0 Å². The Labute approximate surface area is 164 Å². The number of quaternary nitrogens is 1. The number of unbranched alkanes of at least 4 members (excludes halogenated alkanes) is 9. The van der Waals surface area contributed by atoms with Gasteiger partial charge in [-0.05, 0) is 6.42 Å². The second-order valence-corrected chi connectivity index (χ2v) is 6.43. The summed E-state index contributed by atoms with van der Waals surface area (Å²) < 4.78 is 0. The second kappa shape index (κ2) is 18.5. The van der Waals surface area contributed by atoms with Gasteiger partial charge in [0.25, 0.3) is 5.91 Å². The van der Waals surface area contributed by atoms with Gasteiger partial charge in [0.2, 0.25) is 11.8 Å². The lowest BCUT2D eigenvalue weighted by Gasteiger charge is -2.20. The van der Waals surface area contributed by atoms with Gasteiger partial charge < -0.3 is 23.5 Å². The van der Waals surface area contributed by atoms with Crippen LogP contribution in [0.3, 0.4) is 0 Å². The van der Waals surface area contributed by atoms with Crippen LogP contribution in [0.5, 0.6) is 0 Å². The first-order valence-corrected chi connectivity index (χ1v) is 9.64. The number of nitrogens with zero attached hydrogens (tertiary/aromatic N) is 1. The molecule has 0 aliphatic carbocycles. The zero-order valence-corrected chi connectivity index (χ0v) is 17.2. The van der Waals surface area contributed by atoms with Crippen molar-refractivity contribution in [3.05, 3.63) is 0 Å². The minimum absolute atomic E-state index is 0. The SMILES string of the molecule is CCCCCCCCCCCCNC(=O)CN(NC(C)=O)C(=O)C[NH3+].[Cl-]. The van der Waals surface area contributed by atoms with Gasteiger partial charge in [0.15, 0.2) is 6.54 Å². The first-order valence-electron chi connectivity index (χ1n) is 9.64. The third-order valence-corrected chi connectivity index (χ3v) is 3.96. The number of carbonyl (C=O) groups excluding carboxylic acids is 3. The molecule has 0 aromatic rings. The summed E-state index contributed by atoms with van der Waals surface area (Å²) in [6.07, 6.45) is 12.5. The van der Waals surface area contributed by atoms with Crippen LogP contribution in [0, 0.1) is 0 Å². The maximum Gasteiger partial charge on any atom is 0.296 e. The third kappa shape index (κ3) is 16.1. The van der Waals surface area contributed by atoms with Crippen LogP contribution in [0.15, 0.2) is 0 Å². The van der Waals surface area contributed by atoms with Gasteiger partial charge in [-0.25, -0.2) is 5.01 Å². The van der Waals surface area contributed by atoms with Crippen molar-refractivity contribution in [1.29, 1.82) is 0 Å². The standard InChI is InChI=1S/C18H36N4O3.ClH/c1-3-4-5-6-7-8-9-10-11-12-13-20-17(24)15-22(18(25)14-19)21-16(2)23;/h3-15,19H2,1-2H3,(H,20,24)(H,21,23);1H. The highest BCUT2D eigenvalue weighted by molar-refractivity contribution is 5.87. The molecule has 0 unspecified atom stereocenters. The van der Waals surface area contributed by atoms with Gasteiger partial charge in [-0.2, -0.15) is 0 Å². The van der Waals surface area contributed by atoms with Crippen molar-refractivity contribution in [3.63, 3.8) is 0 Å². The Morgan fingerprint density at radius 2 is 1.38 bits per heavy atom. The molecule has 0 heterocycles. The Morgan fingerprint density at radius 1 is 0.885 bits per heavy atom. The van der Waals surface area contributed by atoms with Crippen LogP contribution in [0.25, 0.3) is 0 Å². The lowest BCUT2D eigenvalue weighted by atomic mass is 10.1. The zero-order chi connectivity index (χ0) is 18.9. The van der Waals surface area contributed by atoms with E-state index in [0.717, 1.165) is 17.9 Å². The Morgan fingerprint density at radius 3 is 1.85 bits per heavy atom. The first-order chi connectivity index (χ1) is 12.0.